The van der Waals surface area contributed by atoms with Crippen molar-refractivity contribution >= 4 is 11.6 Å². The van der Waals surface area contributed by atoms with Gasteiger partial charge in [-0.05, 0) is 30.2 Å². The monoisotopic (exact) mass is 294 g/mol. The fraction of sp³-hybridized carbons (Fsp3) is 0.250. The third-order valence-electron chi connectivity index (χ3n) is 3.08. The van der Waals surface area contributed by atoms with Crippen molar-refractivity contribution in [3.05, 3.63) is 64.4 Å². The Morgan fingerprint density at radius 1 is 1.20 bits per heavy atom. The second-order valence-corrected chi connectivity index (χ2v) is 4.90. The minimum Gasteiger partial charge on any atom is -0.489 e. The molecule has 0 aromatic heterocycles. The number of hydrogen-bond acceptors (Lipinski definition) is 2. The molecule has 2 aromatic carbocycles. The zero-order valence-electron chi connectivity index (χ0n) is 11.1. The number of ether oxygens (including phenoxy) is 1. The van der Waals surface area contributed by atoms with E-state index in [1.165, 1.54) is 6.07 Å². The van der Waals surface area contributed by atoms with Crippen LogP contribution in [0.4, 0.5) is 4.39 Å². The lowest BCUT2D eigenvalue weighted by atomic mass is 10.1. The van der Waals surface area contributed by atoms with Crippen LogP contribution in [0.25, 0.3) is 0 Å². The second-order valence-electron chi connectivity index (χ2n) is 4.49. The molecule has 0 aliphatic carbocycles. The highest BCUT2D eigenvalue weighted by atomic mass is 35.5. The van der Waals surface area contributed by atoms with Crippen molar-refractivity contribution in [2.75, 3.05) is 0 Å². The molecule has 0 spiro atoms. The molecule has 0 heterocycles. The lowest BCUT2D eigenvalue weighted by molar-refractivity contribution is 0.173. The highest BCUT2D eigenvalue weighted by Crippen LogP contribution is 2.22. The van der Waals surface area contributed by atoms with Crippen LogP contribution >= 0.6 is 11.6 Å². The zero-order chi connectivity index (χ0) is 14.5. The highest BCUT2D eigenvalue weighted by Gasteiger charge is 2.08. The van der Waals surface area contributed by atoms with Gasteiger partial charge < -0.3 is 9.84 Å². The van der Waals surface area contributed by atoms with E-state index in [1.807, 2.05) is 6.92 Å². The normalized spacial score (nSPS) is 12.2. The lowest BCUT2D eigenvalue weighted by Crippen LogP contribution is -2.00. The van der Waals surface area contributed by atoms with E-state index in [1.54, 1.807) is 36.4 Å². The smallest absolute Gasteiger partial charge is 0.148 e. The van der Waals surface area contributed by atoms with Gasteiger partial charge in [0.2, 0.25) is 0 Å². The first-order valence-corrected chi connectivity index (χ1v) is 6.83. The van der Waals surface area contributed by atoms with Gasteiger partial charge >= 0.3 is 0 Å². The molecule has 1 N–H and O–H groups in total. The number of aliphatic hydroxyl groups excluding tert-OH is 1. The Bertz CT molecular complexity index is 569. The van der Waals surface area contributed by atoms with Crippen LogP contribution in [0.2, 0.25) is 5.02 Å². The van der Waals surface area contributed by atoms with Gasteiger partial charge in [0.05, 0.1) is 11.1 Å². The molecule has 0 fully saturated rings. The van der Waals surface area contributed by atoms with Crippen LogP contribution < -0.4 is 4.74 Å². The van der Waals surface area contributed by atoms with Crippen molar-refractivity contribution in [2.45, 2.75) is 26.1 Å². The predicted octanol–water partition coefficient (Wildman–Crippen LogP) is 4.50. The van der Waals surface area contributed by atoms with Crippen LogP contribution in [0.3, 0.4) is 0 Å². The van der Waals surface area contributed by atoms with Crippen molar-refractivity contribution in [3.63, 3.8) is 0 Å². The number of hydrogen-bond donors (Lipinski definition) is 1. The largest absolute Gasteiger partial charge is 0.489 e. The van der Waals surface area contributed by atoms with Gasteiger partial charge in [-0.3, -0.25) is 0 Å². The minimum atomic E-state index is -0.463. The maximum Gasteiger partial charge on any atom is 0.148 e. The molecule has 106 valence electrons. The fourth-order valence-corrected chi connectivity index (χ4v) is 2.04. The van der Waals surface area contributed by atoms with E-state index >= 15 is 0 Å². The van der Waals surface area contributed by atoms with Crippen molar-refractivity contribution in [2.24, 2.45) is 0 Å². The number of halogens is 2. The molecule has 2 rings (SSSR count). The Hall–Kier alpha value is -1.58. The van der Waals surface area contributed by atoms with Gasteiger partial charge in [0.25, 0.3) is 0 Å². The average molecular weight is 295 g/mol. The SMILES string of the molecule is CC[C@H](O)c1ccc(OCc2cccc(Cl)c2F)cc1. The van der Waals surface area contributed by atoms with Gasteiger partial charge in [-0.2, -0.15) is 0 Å². The molecule has 1 atom stereocenters. The van der Waals surface area contributed by atoms with Gasteiger partial charge in [-0.1, -0.05) is 42.8 Å². The Kier molecular flexibility index (Phi) is 4.99. The fourth-order valence-electron chi connectivity index (χ4n) is 1.84. The van der Waals surface area contributed by atoms with E-state index < -0.39 is 11.9 Å². The van der Waals surface area contributed by atoms with Gasteiger partial charge in [0.15, 0.2) is 0 Å². The number of benzene rings is 2. The highest BCUT2D eigenvalue weighted by molar-refractivity contribution is 6.30. The molecule has 0 saturated carbocycles. The summed E-state index contributed by atoms with van der Waals surface area (Å²) in [6, 6.07) is 11.9. The summed E-state index contributed by atoms with van der Waals surface area (Å²) in [5.41, 5.74) is 1.25. The standard InChI is InChI=1S/C16H16ClFO2/c1-2-15(19)11-6-8-13(9-7-11)20-10-12-4-3-5-14(17)16(12)18/h3-9,15,19H,2,10H2,1H3/t15-/m0/s1. The van der Waals surface area contributed by atoms with E-state index in [4.69, 9.17) is 16.3 Å². The first-order chi connectivity index (χ1) is 9.61. The summed E-state index contributed by atoms with van der Waals surface area (Å²) in [5, 5.41) is 9.78. The summed E-state index contributed by atoms with van der Waals surface area (Å²) in [7, 11) is 0. The van der Waals surface area contributed by atoms with Crippen molar-refractivity contribution in [3.8, 4) is 5.75 Å². The van der Waals surface area contributed by atoms with Gasteiger partial charge in [-0.15, -0.1) is 0 Å². The third kappa shape index (κ3) is 3.50. The first-order valence-electron chi connectivity index (χ1n) is 6.45. The Morgan fingerprint density at radius 2 is 1.90 bits per heavy atom. The van der Waals surface area contributed by atoms with Gasteiger partial charge in [0.1, 0.15) is 18.2 Å². The maximum absolute atomic E-state index is 13.7. The molecule has 0 aliphatic rings. The predicted molar refractivity (Wildman–Crippen MR) is 77.4 cm³/mol. The molecule has 2 aromatic rings. The number of aliphatic hydroxyl groups is 1. The van der Waals surface area contributed by atoms with E-state index in [9.17, 15) is 9.50 Å². The Labute approximate surface area is 122 Å². The van der Waals surface area contributed by atoms with E-state index in [0.717, 1.165) is 5.56 Å². The van der Waals surface area contributed by atoms with E-state index in [-0.39, 0.29) is 11.6 Å². The van der Waals surface area contributed by atoms with Crippen LogP contribution in [0, 0.1) is 5.82 Å². The average Bonchev–Trinajstić information content (AvgIpc) is 2.48. The Balaban J connectivity index is 2.02. The quantitative estimate of drug-likeness (QED) is 0.879. The molecule has 0 bridgehead atoms. The third-order valence-corrected chi connectivity index (χ3v) is 3.37. The van der Waals surface area contributed by atoms with Crippen molar-refractivity contribution in [1.29, 1.82) is 0 Å². The zero-order valence-corrected chi connectivity index (χ0v) is 11.9. The summed E-state index contributed by atoms with van der Waals surface area (Å²) in [6.07, 6.45) is 0.197. The molecule has 0 radical (unpaired) electrons. The van der Waals surface area contributed by atoms with Crippen LogP contribution in [-0.2, 0) is 6.61 Å². The van der Waals surface area contributed by atoms with E-state index in [0.29, 0.717) is 17.7 Å². The van der Waals surface area contributed by atoms with Gasteiger partial charge in [-0.25, -0.2) is 4.39 Å². The van der Waals surface area contributed by atoms with Crippen LogP contribution in [0.1, 0.15) is 30.6 Å². The first kappa shape index (κ1) is 14.8. The van der Waals surface area contributed by atoms with Crippen molar-refractivity contribution < 1.29 is 14.2 Å². The minimum absolute atomic E-state index is 0.0903. The molecule has 2 nitrogen and oxygen atoms in total. The molecule has 0 unspecified atom stereocenters. The topological polar surface area (TPSA) is 29.5 Å². The second kappa shape index (κ2) is 6.73. The van der Waals surface area contributed by atoms with Crippen LogP contribution in [0.15, 0.2) is 42.5 Å². The summed E-state index contributed by atoms with van der Waals surface area (Å²) in [5.74, 6) is 0.170. The molecule has 0 amide bonds. The lowest BCUT2D eigenvalue weighted by Gasteiger charge is -2.11. The summed E-state index contributed by atoms with van der Waals surface area (Å²) in [4.78, 5) is 0. The summed E-state index contributed by atoms with van der Waals surface area (Å²) < 4.78 is 19.2. The molecule has 0 aliphatic heterocycles. The van der Waals surface area contributed by atoms with Crippen LogP contribution in [0.5, 0.6) is 5.75 Å². The van der Waals surface area contributed by atoms with Gasteiger partial charge in [0, 0.05) is 5.56 Å². The molecule has 4 heteroatoms. The summed E-state index contributed by atoms with van der Waals surface area (Å²) >= 11 is 5.71. The molecular formula is C16H16ClFO2. The van der Waals surface area contributed by atoms with Crippen LogP contribution in [-0.4, -0.2) is 5.11 Å². The Morgan fingerprint density at radius 3 is 2.55 bits per heavy atom. The number of rotatable bonds is 5. The molecule has 0 saturated heterocycles. The van der Waals surface area contributed by atoms with E-state index in [2.05, 4.69) is 0 Å². The summed E-state index contributed by atoms with van der Waals surface area (Å²) in [6.45, 7) is 2.03. The van der Waals surface area contributed by atoms with Crippen molar-refractivity contribution in [1.82, 2.24) is 0 Å². The molecule has 20 heavy (non-hydrogen) atoms. The maximum atomic E-state index is 13.7. The molecular weight excluding hydrogens is 279 g/mol.